The van der Waals surface area contributed by atoms with Gasteiger partial charge in [0.2, 0.25) is 10.0 Å². The van der Waals surface area contributed by atoms with Crippen LogP contribution in [0.15, 0.2) is 34.7 Å². The second kappa shape index (κ2) is 10.2. The lowest BCUT2D eigenvalue weighted by Crippen LogP contribution is -2.40. The van der Waals surface area contributed by atoms with Gasteiger partial charge < -0.3 is 14.9 Å². The van der Waals surface area contributed by atoms with Crippen LogP contribution in [0.3, 0.4) is 0 Å². The summed E-state index contributed by atoms with van der Waals surface area (Å²) in [6.45, 7) is 2.45. The largest absolute Gasteiger partial charge is 0.501 e. The van der Waals surface area contributed by atoms with Crippen LogP contribution in [-0.4, -0.2) is 48.9 Å². The highest BCUT2D eigenvalue weighted by atomic mass is 32.2. The summed E-state index contributed by atoms with van der Waals surface area (Å²) >= 11 is 0. The predicted octanol–water partition coefficient (Wildman–Crippen LogP) is 4.23. The fraction of sp³-hybridized carbons (Fsp3) is 0.760. The molecule has 0 spiro atoms. The van der Waals surface area contributed by atoms with Crippen LogP contribution >= 0.6 is 0 Å². The Hall–Kier alpha value is -1.22. The number of methoxy groups -OCH3 is 1. The monoisotopic (exact) mass is 483 g/mol. The number of hydrogen-bond acceptors (Lipinski definition) is 5. The Bertz CT molecular complexity index is 912. The van der Waals surface area contributed by atoms with Crippen molar-refractivity contribution in [3.63, 3.8) is 0 Å². The first-order valence-electron chi connectivity index (χ1n) is 12.4. The van der Waals surface area contributed by atoms with Gasteiger partial charge in [0.25, 0.3) is 0 Å². The van der Waals surface area contributed by atoms with Gasteiger partial charge >= 0.3 is 0 Å². The first kappa shape index (κ1) is 24.9. The van der Waals surface area contributed by atoms with E-state index in [1.54, 1.807) is 17.5 Å². The van der Waals surface area contributed by atoms with Gasteiger partial charge in [-0.05, 0) is 93.1 Å². The molecule has 1 saturated heterocycles. The van der Waals surface area contributed by atoms with Gasteiger partial charge in [-0.15, -0.1) is 0 Å². The molecule has 0 aromatic heterocycles. The molecule has 6 unspecified atom stereocenters. The molecule has 3 aliphatic carbocycles. The number of ether oxygens (including phenoxy) is 1. The number of nitrogens with zero attached hydrogens (tertiary/aromatic N) is 1. The number of halogens is 1. The topological polar surface area (TPSA) is 87.1 Å². The van der Waals surface area contributed by atoms with Crippen molar-refractivity contribution < 1.29 is 27.8 Å². The average molecular weight is 484 g/mol. The molecule has 4 rings (SSSR count). The highest BCUT2D eigenvalue weighted by Crippen LogP contribution is 2.47. The van der Waals surface area contributed by atoms with Gasteiger partial charge in [-0.1, -0.05) is 13.0 Å². The zero-order valence-corrected chi connectivity index (χ0v) is 20.5. The Labute approximate surface area is 197 Å². The second-order valence-electron chi connectivity index (χ2n) is 10.3. The smallest absolute Gasteiger partial charge is 0.239 e. The van der Waals surface area contributed by atoms with Crippen molar-refractivity contribution in [2.24, 2.45) is 29.6 Å². The van der Waals surface area contributed by atoms with E-state index in [1.165, 1.54) is 0 Å². The third-order valence-electron chi connectivity index (χ3n) is 8.42. The highest BCUT2D eigenvalue weighted by molar-refractivity contribution is 7.93. The SMILES string of the molecule is COC1=CCC2C(C1)C(CCC(O)O)CN2S(=O)(=O)C1=CCCC(C2CCC(F)=CC2C)C1. The van der Waals surface area contributed by atoms with E-state index in [0.717, 1.165) is 25.0 Å². The second-order valence-corrected chi connectivity index (χ2v) is 12.3. The number of hydrogen-bond donors (Lipinski definition) is 2. The summed E-state index contributed by atoms with van der Waals surface area (Å²) in [7, 11) is -1.98. The van der Waals surface area contributed by atoms with E-state index in [0.29, 0.717) is 49.5 Å². The van der Waals surface area contributed by atoms with Gasteiger partial charge in [0.1, 0.15) is 0 Å². The van der Waals surface area contributed by atoms with E-state index in [4.69, 9.17) is 4.74 Å². The molecule has 1 aliphatic heterocycles. The van der Waals surface area contributed by atoms with Crippen LogP contribution in [0.2, 0.25) is 0 Å². The molecule has 0 aromatic carbocycles. The Morgan fingerprint density at radius 2 is 2.00 bits per heavy atom. The maximum atomic E-state index is 13.9. The average Bonchev–Trinajstić information content (AvgIpc) is 3.16. The minimum absolute atomic E-state index is 0.0409. The van der Waals surface area contributed by atoms with Crippen LogP contribution in [-0.2, 0) is 14.8 Å². The van der Waals surface area contributed by atoms with Crippen LogP contribution in [0, 0.1) is 29.6 Å². The molecule has 1 fully saturated rings. The Morgan fingerprint density at radius 1 is 1.21 bits per heavy atom. The maximum Gasteiger partial charge on any atom is 0.239 e. The summed E-state index contributed by atoms with van der Waals surface area (Å²) in [5.41, 5.74) is 0. The van der Waals surface area contributed by atoms with E-state index in [1.807, 2.05) is 19.1 Å². The number of rotatable bonds is 7. The van der Waals surface area contributed by atoms with Crippen LogP contribution in [0.1, 0.15) is 64.7 Å². The minimum atomic E-state index is -3.62. The highest BCUT2D eigenvalue weighted by Gasteiger charge is 2.49. The molecule has 1 heterocycles. The van der Waals surface area contributed by atoms with Gasteiger partial charge in [0.15, 0.2) is 6.29 Å². The minimum Gasteiger partial charge on any atom is -0.501 e. The lowest BCUT2D eigenvalue weighted by Gasteiger charge is -2.37. The molecule has 2 N–H and O–H groups in total. The van der Waals surface area contributed by atoms with E-state index in [9.17, 15) is 23.0 Å². The Morgan fingerprint density at radius 3 is 2.70 bits per heavy atom. The molecule has 6 nitrogen and oxygen atoms in total. The van der Waals surface area contributed by atoms with E-state index in [2.05, 4.69) is 0 Å². The standard InChI is InChI=1S/C25H38FNO5S/c1-16-12-19(26)7-9-22(16)17-4-3-5-21(13-17)33(30,31)27-15-18(6-11-25(28)29)23-14-20(32-2)8-10-24(23)27/h5,8,12,16-18,22-25,28-29H,3-4,6-7,9-11,13-15H2,1-2H3. The van der Waals surface area contributed by atoms with Crippen LogP contribution in [0.5, 0.6) is 0 Å². The van der Waals surface area contributed by atoms with Crippen molar-refractivity contribution >= 4 is 10.0 Å². The number of allylic oxidation sites excluding steroid dienone is 5. The van der Waals surface area contributed by atoms with Crippen LogP contribution < -0.4 is 0 Å². The molecule has 0 radical (unpaired) electrons. The number of aliphatic hydroxyl groups is 2. The molecule has 33 heavy (non-hydrogen) atoms. The van der Waals surface area contributed by atoms with Gasteiger partial charge in [-0.3, -0.25) is 0 Å². The quantitative estimate of drug-likeness (QED) is 0.529. The molecule has 0 aromatic rings. The zero-order chi connectivity index (χ0) is 23.8. The van der Waals surface area contributed by atoms with Crippen molar-refractivity contribution in [2.75, 3.05) is 13.7 Å². The summed E-state index contributed by atoms with van der Waals surface area (Å²) in [4.78, 5) is 0.518. The van der Waals surface area contributed by atoms with Crippen molar-refractivity contribution in [2.45, 2.75) is 77.0 Å². The third-order valence-corrected chi connectivity index (χ3v) is 10.5. The molecule has 186 valence electrons. The molecule has 0 saturated carbocycles. The van der Waals surface area contributed by atoms with Crippen molar-refractivity contribution in [3.8, 4) is 0 Å². The van der Waals surface area contributed by atoms with Gasteiger partial charge in [-0.2, -0.15) is 4.31 Å². The number of sulfonamides is 1. The summed E-state index contributed by atoms with van der Waals surface area (Å²) in [6, 6.07) is -0.123. The molecular formula is C25H38FNO5S. The van der Waals surface area contributed by atoms with E-state index < -0.39 is 16.3 Å². The van der Waals surface area contributed by atoms with Gasteiger partial charge in [0.05, 0.1) is 23.6 Å². The first-order valence-corrected chi connectivity index (χ1v) is 13.8. The molecular weight excluding hydrogens is 445 g/mol. The zero-order valence-electron chi connectivity index (χ0n) is 19.7. The predicted molar refractivity (Wildman–Crippen MR) is 125 cm³/mol. The molecule has 8 heteroatoms. The summed E-state index contributed by atoms with van der Waals surface area (Å²) in [5.74, 6) is 1.73. The molecule has 4 aliphatic rings. The van der Waals surface area contributed by atoms with Crippen molar-refractivity contribution in [1.82, 2.24) is 4.31 Å². The Kier molecular flexibility index (Phi) is 7.68. The fourth-order valence-corrected chi connectivity index (χ4v) is 8.70. The van der Waals surface area contributed by atoms with Gasteiger partial charge in [0, 0.05) is 19.0 Å². The van der Waals surface area contributed by atoms with Crippen molar-refractivity contribution in [1.29, 1.82) is 0 Å². The summed E-state index contributed by atoms with van der Waals surface area (Å²) < 4.78 is 48.6. The third kappa shape index (κ3) is 5.24. The number of aliphatic hydroxyl groups excluding tert-OH is 1. The lowest BCUT2D eigenvalue weighted by molar-refractivity contribution is -0.0496. The molecule has 0 bridgehead atoms. The van der Waals surface area contributed by atoms with E-state index >= 15 is 0 Å². The maximum absolute atomic E-state index is 13.9. The lowest BCUT2D eigenvalue weighted by atomic mass is 9.72. The fourth-order valence-electron chi connectivity index (χ4n) is 6.66. The van der Waals surface area contributed by atoms with Crippen LogP contribution in [0.25, 0.3) is 0 Å². The normalized spacial score (nSPS) is 35.6. The van der Waals surface area contributed by atoms with E-state index in [-0.39, 0.29) is 42.0 Å². The molecule has 6 atom stereocenters. The van der Waals surface area contributed by atoms with Crippen molar-refractivity contribution in [3.05, 3.63) is 34.7 Å². The van der Waals surface area contributed by atoms with Gasteiger partial charge in [-0.25, -0.2) is 12.8 Å². The van der Waals surface area contributed by atoms with Crippen LogP contribution in [0.4, 0.5) is 4.39 Å². The number of fused-ring (bicyclic) bond motifs is 1. The summed E-state index contributed by atoms with van der Waals surface area (Å²) in [6.07, 6.45) is 9.79. The summed E-state index contributed by atoms with van der Waals surface area (Å²) in [5, 5.41) is 18.8. The Balaban J connectivity index is 1.53. The molecule has 0 amide bonds. The first-order chi connectivity index (χ1) is 15.7.